The van der Waals surface area contributed by atoms with E-state index in [4.69, 9.17) is 23.2 Å². The summed E-state index contributed by atoms with van der Waals surface area (Å²) in [5, 5.41) is 7.41. The highest BCUT2D eigenvalue weighted by atomic mass is 35.5. The number of aromatic nitrogens is 1. The van der Waals surface area contributed by atoms with Gasteiger partial charge in [0, 0.05) is 22.3 Å². The number of halogens is 2. The number of carbonyl (C=O) groups is 2. The zero-order valence-corrected chi connectivity index (χ0v) is 17.8. The number of aryl methyl sites for hydroxylation is 1. The van der Waals surface area contributed by atoms with Gasteiger partial charge in [0.05, 0.1) is 16.3 Å². The van der Waals surface area contributed by atoms with E-state index < -0.39 is 0 Å². The van der Waals surface area contributed by atoms with E-state index in [1.165, 1.54) is 11.3 Å². The average Bonchev–Trinajstić information content (AvgIpc) is 3.41. The summed E-state index contributed by atoms with van der Waals surface area (Å²) in [7, 11) is 0. The van der Waals surface area contributed by atoms with Gasteiger partial charge < -0.3 is 10.6 Å². The third-order valence-corrected chi connectivity index (χ3v) is 6.25. The monoisotopic (exact) mass is 445 g/mol. The van der Waals surface area contributed by atoms with Gasteiger partial charge in [0.25, 0.3) is 11.8 Å². The number of benzene rings is 2. The lowest BCUT2D eigenvalue weighted by Gasteiger charge is -2.09. The Morgan fingerprint density at radius 1 is 1.07 bits per heavy atom. The second-order valence-corrected chi connectivity index (χ2v) is 8.68. The Hall–Kier alpha value is -2.41. The highest BCUT2D eigenvalue weighted by molar-refractivity contribution is 7.17. The third kappa shape index (κ3) is 4.61. The van der Waals surface area contributed by atoms with Gasteiger partial charge in [-0.3, -0.25) is 9.59 Å². The van der Waals surface area contributed by atoms with Crippen molar-refractivity contribution in [1.82, 2.24) is 10.3 Å². The van der Waals surface area contributed by atoms with Crippen molar-refractivity contribution < 1.29 is 9.59 Å². The van der Waals surface area contributed by atoms with E-state index in [9.17, 15) is 9.59 Å². The Bertz CT molecular complexity index is 1090. The first-order valence-electron chi connectivity index (χ1n) is 9.06. The minimum Gasteiger partial charge on any atom is -0.349 e. The number of amides is 2. The van der Waals surface area contributed by atoms with Crippen LogP contribution in [-0.4, -0.2) is 22.8 Å². The quantitative estimate of drug-likeness (QED) is 0.538. The molecular formula is C21H17Cl2N3O2S. The maximum Gasteiger partial charge on any atom is 0.267 e. The van der Waals surface area contributed by atoms with Crippen LogP contribution in [0.4, 0.5) is 5.69 Å². The lowest BCUT2D eigenvalue weighted by molar-refractivity contribution is 0.0950. The average molecular weight is 446 g/mol. The molecule has 8 heteroatoms. The number of rotatable bonds is 5. The van der Waals surface area contributed by atoms with Crippen LogP contribution < -0.4 is 10.6 Å². The van der Waals surface area contributed by atoms with E-state index in [-0.39, 0.29) is 17.9 Å². The number of anilines is 1. The van der Waals surface area contributed by atoms with Crippen molar-refractivity contribution >= 4 is 52.0 Å². The molecule has 1 heterocycles. The molecule has 1 saturated carbocycles. The summed E-state index contributed by atoms with van der Waals surface area (Å²) in [5.41, 5.74) is 2.46. The van der Waals surface area contributed by atoms with E-state index in [0.29, 0.717) is 31.9 Å². The molecule has 29 heavy (non-hydrogen) atoms. The number of hydrogen-bond donors (Lipinski definition) is 2. The molecule has 0 saturated heterocycles. The summed E-state index contributed by atoms with van der Waals surface area (Å²) in [6, 6.07) is 12.4. The zero-order chi connectivity index (χ0) is 20.5. The Morgan fingerprint density at radius 2 is 1.79 bits per heavy atom. The summed E-state index contributed by atoms with van der Waals surface area (Å²) in [6.45, 7) is 1.79. The fraction of sp³-hybridized carbons (Fsp3) is 0.190. The molecule has 1 aromatic heterocycles. The standard InChI is InChI=1S/C21H17Cl2N3O2S/c1-11-18(29-21(24-11)12-2-4-13(22)5-3-12)20(28)26-15-8-9-16(17(23)10-15)19(27)25-14-6-7-14/h2-5,8-10,14H,6-7H2,1H3,(H,25,27)(H,26,28). The normalized spacial score (nSPS) is 13.2. The number of carbonyl (C=O) groups excluding carboxylic acids is 2. The summed E-state index contributed by atoms with van der Waals surface area (Å²) in [6.07, 6.45) is 2.01. The Balaban J connectivity index is 1.50. The van der Waals surface area contributed by atoms with Gasteiger partial charge in [0.15, 0.2) is 0 Å². The number of hydrogen-bond acceptors (Lipinski definition) is 4. The van der Waals surface area contributed by atoms with Gasteiger partial charge in [-0.2, -0.15) is 0 Å². The molecule has 0 radical (unpaired) electrons. The highest BCUT2D eigenvalue weighted by Crippen LogP contribution is 2.30. The van der Waals surface area contributed by atoms with Crippen molar-refractivity contribution in [2.45, 2.75) is 25.8 Å². The minimum absolute atomic E-state index is 0.193. The van der Waals surface area contributed by atoms with Crippen LogP contribution in [-0.2, 0) is 0 Å². The first kappa shape index (κ1) is 19.9. The van der Waals surface area contributed by atoms with Crippen LogP contribution in [0.15, 0.2) is 42.5 Å². The molecule has 148 valence electrons. The SMILES string of the molecule is Cc1nc(-c2ccc(Cl)cc2)sc1C(=O)Nc1ccc(C(=O)NC2CC2)c(Cl)c1. The summed E-state index contributed by atoms with van der Waals surface area (Å²) in [4.78, 5) is 29.9. The minimum atomic E-state index is -0.272. The third-order valence-electron chi connectivity index (χ3n) is 4.48. The van der Waals surface area contributed by atoms with E-state index in [0.717, 1.165) is 23.4 Å². The molecule has 0 spiro atoms. The molecule has 0 atom stereocenters. The van der Waals surface area contributed by atoms with Crippen LogP contribution in [0.2, 0.25) is 10.0 Å². The topological polar surface area (TPSA) is 71.1 Å². The van der Waals surface area contributed by atoms with Crippen molar-refractivity contribution in [2.24, 2.45) is 0 Å². The molecule has 2 aromatic carbocycles. The summed E-state index contributed by atoms with van der Waals surface area (Å²) < 4.78 is 0. The Kier molecular flexibility index (Phi) is 5.58. The van der Waals surface area contributed by atoms with E-state index in [2.05, 4.69) is 15.6 Å². The van der Waals surface area contributed by atoms with Crippen molar-refractivity contribution in [3.05, 3.63) is 68.6 Å². The molecule has 1 aliphatic rings. The van der Waals surface area contributed by atoms with Crippen molar-refractivity contribution in [3.63, 3.8) is 0 Å². The van der Waals surface area contributed by atoms with Gasteiger partial charge in [-0.15, -0.1) is 11.3 Å². The van der Waals surface area contributed by atoms with Gasteiger partial charge >= 0.3 is 0 Å². The first-order chi connectivity index (χ1) is 13.9. The van der Waals surface area contributed by atoms with Crippen molar-refractivity contribution in [3.8, 4) is 10.6 Å². The number of nitrogens with zero attached hydrogens (tertiary/aromatic N) is 1. The molecule has 0 aliphatic heterocycles. The zero-order valence-electron chi connectivity index (χ0n) is 15.5. The molecule has 4 rings (SSSR count). The van der Waals surface area contributed by atoms with Gasteiger partial charge in [-0.25, -0.2) is 4.98 Å². The maximum atomic E-state index is 12.7. The van der Waals surface area contributed by atoms with Gasteiger partial charge in [0.2, 0.25) is 0 Å². The smallest absolute Gasteiger partial charge is 0.267 e. The van der Waals surface area contributed by atoms with Crippen molar-refractivity contribution in [2.75, 3.05) is 5.32 Å². The van der Waals surface area contributed by atoms with Gasteiger partial charge in [-0.05, 0) is 50.1 Å². The molecule has 0 bridgehead atoms. The molecule has 2 N–H and O–H groups in total. The predicted molar refractivity (Wildman–Crippen MR) is 117 cm³/mol. The highest BCUT2D eigenvalue weighted by Gasteiger charge is 2.25. The fourth-order valence-electron chi connectivity index (χ4n) is 2.78. The van der Waals surface area contributed by atoms with Crippen LogP contribution >= 0.6 is 34.5 Å². The van der Waals surface area contributed by atoms with E-state index in [1.807, 2.05) is 12.1 Å². The van der Waals surface area contributed by atoms with E-state index >= 15 is 0 Å². The molecule has 5 nitrogen and oxygen atoms in total. The molecule has 1 fully saturated rings. The maximum absolute atomic E-state index is 12.7. The summed E-state index contributed by atoms with van der Waals surface area (Å²) >= 11 is 13.5. The first-order valence-corrected chi connectivity index (χ1v) is 10.6. The molecule has 0 unspecified atom stereocenters. The Morgan fingerprint density at radius 3 is 2.45 bits per heavy atom. The summed E-state index contributed by atoms with van der Waals surface area (Å²) in [5.74, 6) is -0.465. The lowest BCUT2D eigenvalue weighted by Crippen LogP contribution is -2.25. The van der Waals surface area contributed by atoms with Crippen LogP contribution in [0.3, 0.4) is 0 Å². The van der Waals surface area contributed by atoms with Crippen molar-refractivity contribution in [1.29, 1.82) is 0 Å². The fourth-order valence-corrected chi connectivity index (χ4v) is 4.14. The van der Waals surface area contributed by atoms with E-state index in [1.54, 1.807) is 37.3 Å². The van der Waals surface area contributed by atoms with Crippen LogP contribution in [0.1, 0.15) is 38.6 Å². The lowest BCUT2D eigenvalue weighted by atomic mass is 10.2. The van der Waals surface area contributed by atoms with Gasteiger partial charge in [-0.1, -0.05) is 35.3 Å². The molecule has 1 aliphatic carbocycles. The van der Waals surface area contributed by atoms with Crippen LogP contribution in [0, 0.1) is 6.92 Å². The second kappa shape index (κ2) is 8.14. The number of nitrogens with one attached hydrogen (secondary N) is 2. The molecular weight excluding hydrogens is 429 g/mol. The molecule has 3 aromatic rings. The van der Waals surface area contributed by atoms with Gasteiger partial charge in [0.1, 0.15) is 9.88 Å². The molecule has 2 amide bonds. The van der Waals surface area contributed by atoms with Crippen LogP contribution in [0.5, 0.6) is 0 Å². The predicted octanol–water partition coefficient (Wildman–Crippen LogP) is 5.57. The number of thiazole rings is 1. The second-order valence-electron chi connectivity index (χ2n) is 6.84. The Labute approximate surface area is 182 Å². The van der Waals surface area contributed by atoms with Crippen LogP contribution in [0.25, 0.3) is 10.6 Å². The largest absolute Gasteiger partial charge is 0.349 e.